The average molecular weight is 579 g/mol. The van der Waals surface area contributed by atoms with Gasteiger partial charge in [0, 0.05) is 0 Å². The summed E-state index contributed by atoms with van der Waals surface area (Å²) in [6.45, 7) is 25.6. The van der Waals surface area contributed by atoms with Gasteiger partial charge in [0.1, 0.15) is 0 Å². The van der Waals surface area contributed by atoms with Crippen molar-refractivity contribution in [1.29, 1.82) is 0 Å². The molecule has 0 heterocycles. The summed E-state index contributed by atoms with van der Waals surface area (Å²) in [6, 6.07) is 0. The fraction of sp³-hybridized carbons (Fsp3) is 1.00. The van der Waals surface area contributed by atoms with Crippen molar-refractivity contribution in [3.8, 4) is 0 Å². The van der Waals surface area contributed by atoms with E-state index in [0.717, 1.165) is 52.4 Å². The van der Waals surface area contributed by atoms with Crippen LogP contribution in [0.15, 0.2) is 0 Å². The first kappa shape index (κ1) is 40.1. The van der Waals surface area contributed by atoms with Gasteiger partial charge in [-0.1, -0.05) is 107 Å². The maximum atomic E-state index is 4.21. The zero-order valence-electron chi connectivity index (χ0n) is 21.6. The molecule has 0 aromatic carbocycles. The van der Waals surface area contributed by atoms with Crippen molar-refractivity contribution >= 4 is 0 Å². The van der Waals surface area contributed by atoms with Gasteiger partial charge in [0.05, 0.1) is 0 Å². The Kier molecular flexibility index (Phi) is 71.1. The molecule has 0 atom stereocenters. The second-order valence-electron chi connectivity index (χ2n) is 6.68. The molecule has 0 aromatic rings. The molecule has 0 N–H and O–H groups in total. The molecule has 0 amide bonds. The van der Waals surface area contributed by atoms with Crippen LogP contribution in [-0.2, 0) is 25.8 Å². The second kappa shape index (κ2) is 51.4. The van der Waals surface area contributed by atoms with Crippen LogP contribution in [0.2, 0.25) is 0 Å². The third kappa shape index (κ3) is 73.4. The van der Waals surface area contributed by atoms with E-state index in [1.54, 1.807) is 0 Å². The van der Waals surface area contributed by atoms with E-state index in [4.69, 9.17) is 0 Å². The predicted molar refractivity (Wildman–Crippen MR) is 135 cm³/mol. The summed E-state index contributed by atoms with van der Waals surface area (Å²) in [4.78, 5) is 0. The van der Waals surface area contributed by atoms with Gasteiger partial charge in [-0.3, -0.25) is 0 Å². The van der Waals surface area contributed by atoms with Gasteiger partial charge < -0.3 is 21.3 Å². The Morgan fingerprint density at radius 1 is 0.276 bits per heavy atom. The number of nitrogens with zero attached hydrogens (tertiary/aromatic N) is 4. The van der Waals surface area contributed by atoms with Crippen LogP contribution in [-0.4, -0.2) is 52.4 Å². The maximum Gasteiger partial charge on any atom is 4.00 e. The number of hydrogen-bond acceptors (Lipinski definition) is 0. The Morgan fingerprint density at radius 2 is 0.379 bits per heavy atom. The molecule has 0 fully saturated rings. The fourth-order valence-corrected chi connectivity index (χ4v) is 1.71. The summed E-state index contributed by atoms with van der Waals surface area (Å²) in [5.74, 6) is 0. The summed E-state index contributed by atoms with van der Waals surface area (Å²) < 4.78 is 0. The normalized spacial score (nSPS) is 9.10. The van der Waals surface area contributed by atoms with E-state index in [9.17, 15) is 0 Å². The SMILES string of the molecule is CCC[N-]CCC.CCC[N-]CCC.CCC[N-]CCC.CCC[N-]CCC.[Hf+4]. The quantitative estimate of drug-likeness (QED) is 0.130. The molecule has 0 aliphatic rings. The Balaban J connectivity index is -0.0000000873. The molecule has 29 heavy (non-hydrogen) atoms. The van der Waals surface area contributed by atoms with E-state index in [2.05, 4.69) is 76.7 Å². The molecule has 5 heteroatoms. The third-order valence-electron chi connectivity index (χ3n) is 3.05. The zero-order valence-corrected chi connectivity index (χ0v) is 25.2. The summed E-state index contributed by atoms with van der Waals surface area (Å²) >= 11 is 0. The summed E-state index contributed by atoms with van der Waals surface area (Å²) in [7, 11) is 0. The van der Waals surface area contributed by atoms with Gasteiger partial charge in [-0.25, -0.2) is 0 Å². The van der Waals surface area contributed by atoms with E-state index in [1.165, 1.54) is 51.4 Å². The van der Waals surface area contributed by atoms with Crippen molar-refractivity contribution < 1.29 is 25.8 Å². The van der Waals surface area contributed by atoms with Gasteiger partial charge in [0.15, 0.2) is 0 Å². The van der Waals surface area contributed by atoms with Gasteiger partial charge >= 0.3 is 25.8 Å². The molecule has 0 rings (SSSR count). The molecule has 0 bridgehead atoms. The van der Waals surface area contributed by atoms with E-state index in [0.29, 0.717) is 0 Å². The molecular weight excluding hydrogens is 523 g/mol. The minimum atomic E-state index is 0. The predicted octanol–water partition coefficient (Wildman–Crippen LogP) is 8.72. The molecule has 0 spiro atoms. The van der Waals surface area contributed by atoms with E-state index in [1.807, 2.05) is 0 Å². The monoisotopic (exact) mass is 580 g/mol. The Hall–Kier alpha value is 0.710. The first-order chi connectivity index (χ1) is 13.7. The van der Waals surface area contributed by atoms with Gasteiger partial charge in [0.25, 0.3) is 0 Å². The Labute approximate surface area is 205 Å². The van der Waals surface area contributed by atoms with Crippen LogP contribution in [0.25, 0.3) is 21.3 Å². The van der Waals surface area contributed by atoms with E-state index < -0.39 is 0 Å². The first-order valence-corrected chi connectivity index (χ1v) is 12.2. The van der Waals surface area contributed by atoms with Gasteiger partial charge in [0.2, 0.25) is 0 Å². The standard InChI is InChI=1S/4C6H14N.Hf/c4*1-3-5-7-6-4-2;/h4*3-6H2,1-2H3;/q4*-1;+4. The van der Waals surface area contributed by atoms with Crippen molar-refractivity contribution in [2.24, 2.45) is 0 Å². The van der Waals surface area contributed by atoms with Crippen LogP contribution < -0.4 is 0 Å². The van der Waals surface area contributed by atoms with Gasteiger partial charge in [-0.15, -0.1) is 52.4 Å². The van der Waals surface area contributed by atoms with Gasteiger partial charge in [-0.2, -0.15) is 0 Å². The minimum Gasteiger partial charge on any atom is -0.662 e. The van der Waals surface area contributed by atoms with Crippen LogP contribution in [0.5, 0.6) is 0 Å². The van der Waals surface area contributed by atoms with Crippen molar-refractivity contribution in [2.75, 3.05) is 52.4 Å². The number of hydrogen-bond donors (Lipinski definition) is 0. The molecular formula is C24H56HfN4. The van der Waals surface area contributed by atoms with Crippen LogP contribution in [0, 0.1) is 0 Å². The van der Waals surface area contributed by atoms with Crippen LogP contribution >= 0.6 is 0 Å². The fourth-order valence-electron chi connectivity index (χ4n) is 1.71. The Bertz CT molecular complexity index is 140. The second-order valence-corrected chi connectivity index (χ2v) is 6.68. The largest absolute Gasteiger partial charge is 4.00 e. The van der Waals surface area contributed by atoms with Crippen LogP contribution in [0.4, 0.5) is 0 Å². The van der Waals surface area contributed by atoms with Crippen LogP contribution in [0.1, 0.15) is 107 Å². The van der Waals surface area contributed by atoms with Crippen molar-refractivity contribution in [3.63, 3.8) is 0 Å². The molecule has 0 radical (unpaired) electrons. The molecule has 0 aliphatic heterocycles. The maximum absolute atomic E-state index is 4.21. The molecule has 0 saturated heterocycles. The minimum absolute atomic E-state index is 0. The summed E-state index contributed by atoms with van der Waals surface area (Å²) in [6.07, 6.45) is 9.56. The topological polar surface area (TPSA) is 56.4 Å². The molecule has 4 nitrogen and oxygen atoms in total. The van der Waals surface area contributed by atoms with Crippen LogP contribution in [0.3, 0.4) is 0 Å². The third-order valence-corrected chi connectivity index (χ3v) is 3.05. The first-order valence-electron chi connectivity index (χ1n) is 12.2. The zero-order chi connectivity index (χ0) is 22.1. The van der Waals surface area contributed by atoms with E-state index >= 15 is 0 Å². The molecule has 0 aromatic heterocycles. The van der Waals surface area contributed by atoms with E-state index in [-0.39, 0.29) is 25.8 Å². The molecule has 0 aliphatic carbocycles. The van der Waals surface area contributed by atoms with Gasteiger partial charge in [-0.05, 0) is 0 Å². The van der Waals surface area contributed by atoms with Crippen molar-refractivity contribution in [2.45, 2.75) is 107 Å². The van der Waals surface area contributed by atoms with Crippen molar-refractivity contribution in [3.05, 3.63) is 21.3 Å². The summed E-state index contributed by atoms with van der Waals surface area (Å²) in [5.41, 5.74) is 0. The van der Waals surface area contributed by atoms with Crippen molar-refractivity contribution in [1.82, 2.24) is 0 Å². The molecule has 0 saturated carbocycles. The average Bonchev–Trinajstić information content (AvgIpc) is 2.71. The molecule has 0 unspecified atom stereocenters. The number of rotatable bonds is 16. The smallest absolute Gasteiger partial charge is 0.662 e. The molecule has 176 valence electrons. The summed E-state index contributed by atoms with van der Waals surface area (Å²) in [5, 5.41) is 16.8. The Morgan fingerprint density at radius 3 is 0.448 bits per heavy atom.